The van der Waals surface area contributed by atoms with Crippen LogP contribution in [0.15, 0.2) is 35.3 Å². The summed E-state index contributed by atoms with van der Waals surface area (Å²) in [6, 6.07) is 11.3. The second-order valence-electron chi connectivity index (χ2n) is 7.88. The number of rotatable bonds is 8. The molecule has 30 heavy (non-hydrogen) atoms. The van der Waals surface area contributed by atoms with Crippen molar-refractivity contribution in [1.29, 1.82) is 0 Å². The lowest BCUT2D eigenvalue weighted by Gasteiger charge is -2.38. The minimum absolute atomic E-state index is 0. The summed E-state index contributed by atoms with van der Waals surface area (Å²) in [5, 5.41) is 6.68. The van der Waals surface area contributed by atoms with Gasteiger partial charge in [-0.1, -0.05) is 30.3 Å². The van der Waals surface area contributed by atoms with Crippen LogP contribution >= 0.6 is 24.0 Å². The minimum Gasteiger partial charge on any atom is -0.356 e. The van der Waals surface area contributed by atoms with E-state index in [9.17, 15) is 13.2 Å². The highest BCUT2D eigenvalue weighted by Gasteiger charge is 2.29. The molecule has 0 aliphatic carbocycles. The van der Waals surface area contributed by atoms with Crippen molar-refractivity contribution in [2.24, 2.45) is 4.99 Å². The van der Waals surface area contributed by atoms with Crippen molar-refractivity contribution in [3.05, 3.63) is 35.9 Å². The molecule has 2 atom stereocenters. The molecule has 0 aromatic heterocycles. The molecule has 9 heteroatoms. The van der Waals surface area contributed by atoms with Gasteiger partial charge in [0.25, 0.3) is 0 Å². The normalized spacial score (nSPS) is 20.7. The van der Waals surface area contributed by atoms with Gasteiger partial charge in [0.15, 0.2) is 5.96 Å². The molecule has 1 saturated heterocycles. The lowest BCUT2D eigenvalue weighted by Crippen LogP contribution is -2.51. The third kappa shape index (κ3) is 10.3. The quantitative estimate of drug-likeness (QED) is 0.228. The molecule has 1 fully saturated rings. The van der Waals surface area contributed by atoms with E-state index < -0.39 is 12.7 Å². The van der Waals surface area contributed by atoms with Gasteiger partial charge in [-0.2, -0.15) is 13.2 Å². The third-order valence-electron chi connectivity index (χ3n) is 5.26. The molecule has 2 N–H and O–H groups in total. The summed E-state index contributed by atoms with van der Waals surface area (Å²) in [5.41, 5.74) is 1.33. The molecule has 2 unspecified atom stereocenters. The first kappa shape index (κ1) is 27.0. The van der Waals surface area contributed by atoms with Crippen LogP contribution < -0.4 is 10.6 Å². The number of aliphatic imine (C=N–C) groups is 1. The molecule has 2 rings (SSSR count). The van der Waals surface area contributed by atoms with Gasteiger partial charge in [-0.25, -0.2) is 0 Å². The number of alkyl halides is 3. The number of nitrogens with one attached hydrogen (secondary N) is 2. The van der Waals surface area contributed by atoms with Crippen LogP contribution in [0.25, 0.3) is 0 Å². The third-order valence-corrected chi connectivity index (χ3v) is 5.26. The summed E-state index contributed by atoms with van der Waals surface area (Å²) < 4.78 is 37.0. The Morgan fingerprint density at radius 2 is 1.97 bits per heavy atom. The SMILES string of the molecule is CN=C(NCCCN(C)CC(F)(F)F)NC1CCN(Cc2ccccc2)C(C)C1.I. The van der Waals surface area contributed by atoms with Crippen LogP contribution in [0, 0.1) is 0 Å². The minimum atomic E-state index is -4.15. The topological polar surface area (TPSA) is 42.9 Å². The first-order valence-electron chi connectivity index (χ1n) is 10.3. The average molecular weight is 541 g/mol. The monoisotopic (exact) mass is 541 g/mol. The molecule has 1 aromatic carbocycles. The van der Waals surface area contributed by atoms with Gasteiger partial charge in [0.2, 0.25) is 0 Å². The number of hydrogen-bond acceptors (Lipinski definition) is 3. The lowest BCUT2D eigenvalue weighted by molar-refractivity contribution is -0.143. The fourth-order valence-corrected chi connectivity index (χ4v) is 3.73. The van der Waals surface area contributed by atoms with E-state index in [4.69, 9.17) is 0 Å². The highest BCUT2D eigenvalue weighted by Crippen LogP contribution is 2.20. The summed E-state index contributed by atoms with van der Waals surface area (Å²) in [7, 11) is 3.21. The van der Waals surface area contributed by atoms with Crippen molar-refractivity contribution in [3.63, 3.8) is 0 Å². The zero-order chi connectivity index (χ0) is 21.3. The van der Waals surface area contributed by atoms with Gasteiger partial charge in [-0.3, -0.25) is 14.8 Å². The standard InChI is InChI=1S/C21H34F3N5.HI/c1-17-14-19(10-13-29(17)15-18-8-5-4-6-9-18)27-20(25-2)26-11-7-12-28(3)16-21(22,23)24;/h4-6,8-9,17,19H,7,10-16H2,1-3H3,(H2,25,26,27);1H. The summed E-state index contributed by atoms with van der Waals surface area (Å²) in [6.07, 6.45) is -1.46. The highest BCUT2D eigenvalue weighted by atomic mass is 127. The van der Waals surface area contributed by atoms with Crippen molar-refractivity contribution >= 4 is 29.9 Å². The number of piperidine rings is 1. The van der Waals surface area contributed by atoms with Gasteiger partial charge in [-0.05, 0) is 45.3 Å². The van der Waals surface area contributed by atoms with Crippen molar-refractivity contribution in [3.8, 4) is 0 Å². The molecule has 0 saturated carbocycles. The Morgan fingerprint density at radius 1 is 1.27 bits per heavy atom. The lowest BCUT2D eigenvalue weighted by atomic mass is 9.97. The smallest absolute Gasteiger partial charge is 0.356 e. The van der Waals surface area contributed by atoms with E-state index in [2.05, 4.69) is 51.7 Å². The molecular formula is C21H35F3IN5. The van der Waals surface area contributed by atoms with Crippen LogP contribution in [0.3, 0.4) is 0 Å². The molecule has 0 radical (unpaired) electrons. The Bertz CT molecular complexity index is 627. The number of nitrogens with zero attached hydrogens (tertiary/aromatic N) is 3. The highest BCUT2D eigenvalue weighted by molar-refractivity contribution is 14.0. The number of benzene rings is 1. The largest absolute Gasteiger partial charge is 0.401 e. The van der Waals surface area contributed by atoms with E-state index in [-0.39, 0.29) is 24.0 Å². The van der Waals surface area contributed by atoms with Crippen LogP contribution in [0.5, 0.6) is 0 Å². The second-order valence-corrected chi connectivity index (χ2v) is 7.88. The maximum Gasteiger partial charge on any atom is 0.401 e. The zero-order valence-corrected chi connectivity index (χ0v) is 20.4. The molecule has 172 valence electrons. The van der Waals surface area contributed by atoms with Gasteiger partial charge in [-0.15, -0.1) is 24.0 Å². The van der Waals surface area contributed by atoms with Crippen LogP contribution in [0.4, 0.5) is 13.2 Å². The van der Waals surface area contributed by atoms with E-state index in [0.717, 1.165) is 31.9 Å². The maximum absolute atomic E-state index is 12.3. The summed E-state index contributed by atoms with van der Waals surface area (Å²) in [6.45, 7) is 4.34. The summed E-state index contributed by atoms with van der Waals surface area (Å²) >= 11 is 0. The first-order valence-corrected chi connectivity index (χ1v) is 10.3. The number of hydrogen-bond donors (Lipinski definition) is 2. The molecule has 1 aliphatic rings. The molecule has 1 aromatic rings. The van der Waals surface area contributed by atoms with Crippen LogP contribution in [0.1, 0.15) is 31.7 Å². The van der Waals surface area contributed by atoms with Crippen molar-refractivity contribution in [1.82, 2.24) is 20.4 Å². The summed E-state index contributed by atoms with van der Waals surface area (Å²) in [5.74, 6) is 0.720. The second kappa shape index (κ2) is 13.4. The van der Waals surface area contributed by atoms with Crippen LogP contribution in [0.2, 0.25) is 0 Å². The number of likely N-dealkylation sites (tertiary alicyclic amines) is 1. The fourth-order valence-electron chi connectivity index (χ4n) is 3.73. The van der Waals surface area contributed by atoms with E-state index in [0.29, 0.717) is 31.6 Å². The Kier molecular flexibility index (Phi) is 12.0. The fraction of sp³-hybridized carbons (Fsp3) is 0.667. The number of guanidine groups is 1. The zero-order valence-electron chi connectivity index (χ0n) is 18.1. The van der Waals surface area contributed by atoms with E-state index >= 15 is 0 Å². The predicted molar refractivity (Wildman–Crippen MR) is 127 cm³/mol. The molecule has 0 amide bonds. The van der Waals surface area contributed by atoms with Crippen molar-refractivity contribution < 1.29 is 13.2 Å². The van der Waals surface area contributed by atoms with E-state index in [1.54, 1.807) is 7.05 Å². The van der Waals surface area contributed by atoms with Gasteiger partial charge in [0.1, 0.15) is 0 Å². The van der Waals surface area contributed by atoms with Gasteiger partial charge in [0, 0.05) is 38.8 Å². The van der Waals surface area contributed by atoms with Crippen LogP contribution in [-0.2, 0) is 6.54 Å². The van der Waals surface area contributed by atoms with Crippen LogP contribution in [-0.4, -0.2) is 74.3 Å². The van der Waals surface area contributed by atoms with Gasteiger partial charge in [0.05, 0.1) is 6.54 Å². The van der Waals surface area contributed by atoms with Gasteiger partial charge < -0.3 is 10.6 Å². The van der Waals surface area contributed by atoms with Crippen molar-refractivity contribution in [2.75, 3.05) is 40.3 Å². The predicted octanol–water partition coefficient (Wildman–Crippen LogP) is 3.71. The molecule has 0 bridgehead atoms. The first-order chi connectivity index (χ1) is 13.8. The molecule has 1 heterocycles. The van der Waals surface area contributed by atoms with Crippen molar-refractivity contribution in [2.45, 2.75) is 51.0 Å². The Balaban J connectivity index is 0.00000450. The summed E-state index contributed by atoms with van der Waals surface area (Å²) in [4.78, 5) is 8.05. The maximum atomic E-state index is 12.3. The Labute approximate surface area is 195 Å². The Hall–Kier alpha value is -1.07. The van der Waals surface area contributed by atoms with Gasteiger partial charge >= 0.3 is 6.18 Å². The molecule has 1 aliphatic heterocycles. The van der Waals surface area contributed by atoms with E-state index in [1.807, 2.05) is 6.07 Å². The molecule has 0 spiro atoms. The van der Waals surface area contributed by atoms with E-state index in [1.165, 1.54) is 17.5 Å². The number of halogens is 4. The molecular weight excluding hydrogens is 506 g/mol. The molecule has 5 nitrogen and oxygen atoms in total. The Morgan fingerprint density at radius 3 is 2.57 bits per heavy atom. The average Bonchev–Trinajstić information content (AvgIpc) is 2.65.